The second-order valence-electron chi connectivity index (χ2n) is 6.03. The van der Waals surface area contributed by atoms with Crippen molar-refractivity contribution < 1.29 is 4.79 Å². The van der Waals surface area contributed by atoms with Crippen LogP contribution in [0, 0.1) is 0 Å². The van der Waals surface area contributed by atoms with Gasteiger partial charge in [-0.2, -0.15) is 5.10 Å². The molecular weight excluding hydrogens is 254 g/mol. The third kappa shape index (κ3) is 2.33. The van der Waals surface area contributed by atoms with Crippen LogP contribution in [0.15, 0.2) is 12.4 Å². The lowest BCUT2D eigenvalue weighted by Gasteiger charge is -2.42. The van der Waals surface area contributed by atoms with E-state index >= 15 is 0 Å². The summed E-state index contributed by atoms with van der Waals surface area (Å²) in [4.78, 5) is 16.2. The van der Waals surface area contributed by atoms with E-state index in [2.05, 4.69) is 10.00 Å². The topological polar surface area (TPSA) is 67.4 Å². The molecule has 3 unspecified atom stereocenters. The van der Waals surface area contributed by atoms with Crippen molar-refractivity contribution in [3.05, 3.63) is 18.0 Å². The number of nitrogens with zero attached hydrogens (tertiary/aromatic N) is 4. The number of hydrogen-bond donors (Lipinski definition) is 1. The van der Waals surface area contributed by atoms with Crippen LogP contribution in [0.5, 0.6) is 0 Å². The summed E-state index contributed by atoms with van der Waals surface area (Å²) >= 11 is 0. The maximum absolute atomic E-state index is 11.8. The fourth-order valence-electron chi connectivity index (χ4n) is 3.58. The molecule has 2 aliphatic rings. The van der Waals surface area contributed by atoms with E-state index in [4.69, 9.17) is 5.73 Å². The predicted molar refractivity (Wildman–Crippen MR) is 75.9 cm³/mol. The minimum atomic E-state index is 0.0443. The van der Waals surface area contributed by atoms with E-state index in [9.17, 15) is 4.79 Å². The largest absolute Gasteiger partial charge is 0.337 e. The molecule has 2 saturated heterocycles. The zero-order valence-corrected chi connectivity index (χ0v) is 12.2. The van der Waals surface area contributed by atoms with Gasteiger partial charge in [0.2, 0.25) is 5.91 Å². The second kappa shape index (κ2) is 5.18. The molecule has 3 atom stereocenters. The molecule has 6 heteroatoms. The monoisotopic (exact) mass is 277 g/mol. The lowest BCUT2D eigenvalue weighted by molar-refractivity contribution is -0.131. The molecule has 0 aliphatic carbocycles. The Labute approximate surface area is 119 Å². The van der Waals surface area contributed by atoms with Crippen molar-refractivity contribution in [2.45, 2.75) is 37.9 Å². The van der Waals surface area contributed by atoms with E-state index in [1.807, 2.05) is 35.9 Å². The van der Waals surface area contributed by atoms with Gasteiger partial charge in [-0.15, -0.1) is 0 Å². The summed E-state index contributed by atoms with van der Waals surface area (Å²) in [6, 6.07) is 0.596. The Balaban J connectivity index is 1.78. The quantitative estimate of drug-likeness (QED) is 0.852. The normalized spacial score (nSPS) is 26.6. The molecule has 2 aliphatic heterocycles. The Morgan fingerprint density at radius 3 is 2.90 bits per heavy atom. The van der Waals surface area contributed by atoms with Gasteiger partial charge in [-0.05, 0) is 13.3 Å². The highest BCUT2D eigenvalue weighted by Gasteiger charge is 2.38. The number of aryl methyl sites for hydroxylation is 1. The Hall–Kier alpha value is -1.40. The molecule has 0 saturated carbocycles. The van der Waals surface area contributed by atoms with E-state index < -0.39 is 0 Å². The zero-order chi connectivity index (χ0) is 14.3. The zero-order valence-electron chi connectivity index (χ0n) is 12.2. The lowest BCUT2D eigenvalue weighted by Crippen LogP contribution is -2.54. The fourth-order valence-corrected chi connectivity index (χ4v) is 3.58. The summed E-state index contributed by atoms with van der Waals surface area (Å²) in [6.07, 6.45) is 5.63. The van der Waals surface area contributed by atoms with Gasteiger partial charge in [0.05, 0.1) is 12.2 Å². The number of hydrogen-bond acceptors (Lipinski definition) is 4. The average molecular weight is 277 g/mol. The molecule has 6 nitrogen and oxygen atoms in total. The van der Waals surface area contributed by atoms with Gasteiger partial charge in [-0.25, -0.2) is 0 Å². The fraction of sp³-hybridized carbons (Fsp3) is 0.714. The molecule has 0 spiro atoms. The Morgan fingerprint density at radius 1 is 1.45 bits per heavy atom. The van der Waals surface area contributed by atoms with Crippen LogP contribution in [0.4, 0.5) is 0 Å². The smallest absolute Gasteiger partial charge is 0.222 e. The first kappa shape index (κ1) is 13.6. The molecule has 1 amide bonds. The summed E-state index contributed by atoms with van der Waals surface area (Å²) in [6.45, 7) is 4.69. The van der Waals surface area contributed by atoms with Crippen molar-refractivity contribution in [3.8, 4) is 0 Å². The highest BCUT2D eigenvalue weighted by atomic mass is 16.2. The van der Waals surface area contributed by atoms with Gasteiger partial charge in [0.1, 0.15) is 0 Å². The number of piperazine rings is 1. The first-order valence-electron chi connectivity index (χ1n) is 7.34. The summed E-state index contributed by atoms with van der Waals surface area (Å²) in [7, 11) is 1.93. The van der Waals surface area contributed by atoms with E-state index in [1.165, 1.54) is 5.56 Å². The number of amides is 1. The van der Waals surface area contributed by atoms with Gasteiger partial charge in [-0.1, -0.05) is 0 Å². The molecule has 2 fully saturated rings. The molecule has 3 heterocycles. The summed E-state index contributed by atoms with van der Waals surface area (Å²) in [5, 5.41) is 4.26. The van der Waals surface area contributed by atoms with Crippen LogP contribution in [-0.4, -0.2) is 57.2 Å². The first-order chi connectivity index (χ1) is 9.56. The van der Waals surface area contributed by atoms with E-state index in [0.29, 0.717) is 18.4 Å². The number of rotatable bonds is 3. The number of fused-ring (bicyclic) bond motifs is 1. The molecule has 2 N–H and O–H groups in total. The SMILES string of the molecule is CC(N)C(c1cnn(C)c1)N1CCN2C(=O)CCC2C1. The molecule has 110 valence electrons. The predicted octanol–water partition coefficient (Wildman–Crippen LogP) is 0.115. The van der Waals surface area contributed by atoms with Crippen LogP contribution in [0.1, 0.15) is 31.4 Å². The molecule has 20 heavy (non-hydrogen) atoms. The van der Waals surface area contributed by atoms with Gasteiger partial charge in [0.25, 0.3) is 0 Å². The van der Waals surface area contributed by atoms with Crippen molar-refractivity contribution in [2.75, 3.05) is 19.6 Å². The van der Waals surface area contributed by atoms with Gasteiger partial charge < -0.3 is 10.6 Å². The maximum Gasteiger partial charge on any atom is 0.222 e. The van der Waals surface area contributed by atoms with Crippen molar-refractivity contribution in [1.29, 1.82) is 0 Å². The molecular formula is C14H23N5O. The highest BCUT2D eigenvalue weighted by molar-refractivity contribution is 5.78. The molecule has 1 aromatic rings. The number of carbonyl (C=O) groups is 1. The number of nitrogens with two attached hydrogens (primary N) is 1. The average Bonchev–Trinajstić information content (AvgIpc) is 2.97. The van der Waals surface area contributed by atoms with Gasteiger partial charge >= 0.3 is 0 Å². The molecule has 0 bridgehead atoms. The van der Waals surface area contributed by atoms with Crippen LogP contribution in [-0.2, 0) is 11.8 Å². The van der Waals surface area contributed by atoms with Gasteiger partial charge in [-0.3, -0.25) is 14.4 Å². The summed E-state index contributed by atoms with van der Waals surface area (Å²) < 4.78 is 1.82. The van der Waals surface area contributed by atoms with Crippen LogP contribution >= 0.6 is 0 Å². The third-order valence-corrected chi connectivity index (χ3v) is 4.48. The Kier molecular flexibility index (Phi) is 3.52. The second-order valence-corrected chi connectivity index (χ2v) is 6.03. The van der Waals surface area contributed by atoms with Crippen LogP contribution in [0.3, 0.4) is 0 Å². The van der Waals surface area contributed by atoms with E-state index in [0.717, 1.165) is 26.1 Å². The Bertz CT molecular complexity index is 498. The van der Waals surface area contributed by atoms with E-state index in [1.54, 1.807) is 0 Å². The van der Waals surface area contributed by atoms with Crippen LogP contribution in [0.25, 0.3) is 0 Å². The number of aromatic nitrogens is 2. The van der Waals surface area contributed by atoms with Gasteiger partial charge in [0.15, 0.2) is 0 Å². The van der Waals surface area contributed by atoms with Crippen LogP contribution < -0.4 is 5.73 Å². The van der Waals surface area contributed by atoms with Crippen molar-refractivity contribution in [3.63, 3.8) is 0 Å². The highest BCUT2D eigenvalue weighted by Crippen LogP contribution is 2.30. The Morgan fingerprint density at radius 2 is 2.25 bits per heavy atom. The van der Waals surface area contributed by atoms with E-state index in [-0.39, 0.29) is 12.1 Å². The summed E-state index contributed by atoms with van der Waals surface area (Å²) in [5.74, 6) is 0.313. The molecule has 0 radical (unpaired) electrons. The van der Waals surface area contributed by atoms with Gasteiger partial charge in [0, 0.05) is 56.9 Å². The van der Waals surface area contributed by atoms with Crippen LogP contribution in [0.2, 0.25) is 0 Å². The molecule has 3 rings (SSSR count). The summed E-state index contributed by atoms with van der Waals surface area (Å²) in [5.41, 5.74) is 7.38. The lowest BCUT2D eigenvalue weighted by atomic mass is 10.00. The molecule has 0 aromatic carbocycles. The minimum absolute atomic E-state index is 0.0443. The van der Waals surface area contributed by atoms with Crippen molar-refractivity contribution in [1.82, 2.24) is 19.6 Å². The first-order valence-corrected chi connectivity index (χ1v) is 7.34. The third-order valence-electron chi connectivity index (χ3n) is 4.48. The molecule has 1 aromatic heterocycles. The maximum atomic E-state index is 11.8. The standard InChI is InChI=1S/C14H23N5O/c1-10(15)14(11-7-16-17(2)8-11)18-5-6-19-12(9-18)3-4-13(19)20/h7-8,10,12,14H,3-6,9,15H2,1-2H3. The van der Waals surface area contributed by atoms with Crippen molar-refractivity contribution in [2.24, 2.45) is 12.8 Å². The number of carbonyl (C=O) groups excluding carboxylic acids is 1. The van der Waals surface area contributed by atoms with Crippen molar-refractivity contribution >= 4 is 5.91 Å². The minimum Gasteiger partial charge on any atom is -0.337 e.